The molecule has 3 rings (SSSR count). The van der Waals surface area contributed by atoms with Gasteiger partial charge in [-0.1, -0.05) is 6.07 Å². The average molecular weight is 375 g/mol. The van der Waals surface area contributed by atoms with E-state index < -0.39 is 12.0 Å². The lowest BCUT2D eigenvalue weighted by Crippen LogP contribution is -2.40. The quantitative estimate of drug-likeness (QED) is 0.856. The molecule has 140 valence electrons. The monoisotopic (exact) mass is 375 g/mol. The van der Waals surface area contributed by atoms with Crippen molar-refractivity contribution in [3.8, 4) is 17.2 Å². The van der Waals surface area contributed by atoms with Crippen molar-refractivity contribution in [2.75, 3.05) is 6.54 Å². The smallest absolute Gasteiger partial charge is 0.351 e. The maximum absolute atomic E-state index is 12.6. The van der Waals surface area contributed by atoms with E-state index in [0.29, 0.717) is 22.3 Å². The Morgan fingerprint density at radius 1 is 1.30 bits per heavy atom. The van der Waals surface area contributed by atoms with Gasteiger partial charge in [-0.15, -0.1) is 0 Å². The number of aromatic nitrogens is 2. The molecule has 0 unspecified atom stereocenters. The lowest BCUT2D eigenvalue weighted by Gasteiger charge is -2.13. The van der Waals surface area contributed by atoms with Crippen LogP contribution < -0.4 is 10.6 Å². The van der Waals surface area contributed by atoms with Gasteiger partial charge in [0.15, 0.2) is 0 Å². The molecule has 1 aliphatic heterocycles. The number of carbonyl (C=O) groups excluding carboxylic acids is 1. The Labute approximate surface area is 153 Å². The van der Waals surface area contributed by atoms with E-state index in [1.165, 1.54) is 0 Å². The van der Waals surface area contributed by atoms with Crippen molar-refractivity contribution in [1.82, 2.24) is 20.6 Å². The zero-order valence-corrected chi connectivity index (χ0v) is 14.2. The van der Waals surface area contributed by atoms with Gasteiger partial charge in [0.2, 0.25) is 11.7 Å². The molecule has 0 radical (unpaired) electrons. The third-order valence-corrected chi connectivity index (χ3v) is 4.29. The van der Waals surface area contributed by atoms with Gasteiger partial charge in [0.25, 0.3) is 0 Å². The van der Waals surface area contributed by atoms with Crippen LogP contribution in [0.25, 0.3) is 11.1 Å². The topological polar surface area (TPSA) is 90.7 Å². The van der Waals surface area contributed by atoms with Gasteiger partial charge in [-0.05, 0) is 42.6 Å². The minimum Gasteiger partial charge on any atom is -0.351 e. The van der Waals surface area contributed by atoms with E-state index in [-0.39, 0.29) is 18.5 Å². The number of nitrogens with zero attached hydrogens (tertiary/aromatic N) is 3. The van der Waals surface area contributed by atoms with Crippen LogP contribution in [-0.4, -0.2) is 28.5 Å². The zero-order chi connectivity index (χ0) is 19.4. The molecular formula is C18H16F3N5O. The summed E-state index contributed by atoms with van der Waals surface area (Å²) in [4.78, 5) is 18.8. The first-order valence-electron chi connectivity index (χ1n) is 8.32. The van der Waals surface area contributed by atoms with Crippen LogP contribution in [0, 0.1) is 11.3 Å². The molecule has 0 spiro atoms. The van der Waals surface area contributed by atoms with Gasteiger partial charge in [-0.25, -0.2) is 9.97 Å². The molecule has 2 aromatic rings. The van der Waals surface area contributed by atoms with Gasteiger partial charge < -0.3 is 10.6 Å². The number of halogens is 3. The van der Waals surface area contributed by atoms with Crippen molar-refractivity contribution in [2.24, 2.45) is 0 Å². The second kappa shape index (κ2) is 7.72. The normalized spacial score (nSPS) is 16.7. The Hall–Kier alpha value is -2.99. The van der Waals surface area contributed by atoms with Crippen LogP contribution >= 0.6 is 0 Å². The van der Waals surface area contributed by atoms with Crippen LogP contribution in [0.3, 0.4) is 0 Å². The van der Waals surface area contributed by atoms with Crippen molar-refractivity contribution in [3.63, 3.8) is 0 Å². The number of alkyl halides is 3. The number of nitrogens with one attached hydrogen (secondary N) is 2. The Morgan fingerprint density at radius 2 is 2.04 bits per heavy atom. The number of carbonyl (C=O) groups is 1. The predicted octanol–water partition coefficient (Wildman–Crippen LogP) is 2.40. The molecule has 0 saturated carbocycles. The van der Waals surface area contributed by atoms with Crippen LogP contribution in [0.5, 0.6) is 0 Å². The lowest BCUT2D eigenvalue weighted by molar-refractivity contribution is -0.145. The standard InChI is InChI=1S/C18H16F3N5O/c19-18(20,21)17-25-9-14(10-26-17)11-3-4-12(7-22)13(6-11)8-24-16(27)15-2-1-5-23-15/h3-4,6,9-10,15,23H,1-2,5,8H2,(H,24,27)/t15-/m0/s1. The molecule has 9 heteroatoms. The van der Waals surface area contributed by atoms with E-state index >= 15 is 0 Å². The lowest BCUT2D eigenvalue weighted by atomic mass is 10.0. The van der Waals surface area contributed by atoms with Crippen molar-refractivity contribution in [2.45, 2.75) is 31.6 Å². The van der Waals surface area contributed by atoms with Crippen LogP contribution in [0.2, 0.25) is 0 Å². The number of nitriles is 1. The number of hydrogen-bond donors (Lipinski definition) is 2. The van der Waals surface area contributed by atoms with Crippen LogP contribution in [0.4, 0.5) is 13.2 Å². The van der Waals surface area contributed by atoms with E-state index in [2.05, 4.69) is 20.6 Å². The van der Waals surface area contributed by atoms with E-state index in [1.54, 1.807) is 18.2 Å². The molecule has 1 fully saturated rings. The fraction of sp³-hybridized carbons (Fsp3) is 0.333. The Kier molecular flexibility index (Phi) is 5.37. The van der Waals surface area contributed by atoms with Gasteiger partial charge in [0, 0.05) is 24.5 Å². The molecule has 2 N–H and O–H groups in total. The summed E-state index contributed by atoms with van der Waals surface area (Å²) in [5, 5.41) is 15.1. The summed E-state index contributed by atoms with van der Waals surface area (Å²) in [6.45, 7) is 0.945. The van der Waals surface area contributed by atoms with Gasteiger partial charge in [0.1, 0.15) is 0 Å². The summed E-state index contributed by atoms with van der Waals surface area (Å²) in [7, 11) is 0. The minimum atomic E-state index is -4.60. The zero-order valence-electron chi connectivity index (χ0n) is 14.2. The molecule has 6 nitrogen and oxygen atoms in total. The highest BCUT2D eigenvalue weighted by Gasteiger charge is 2.34. The molecule has 2 heterocycles. The first-order chi connectivity index (χ1) is 12.9. The Morgan fingerprint density at radius 3 is 2.63 bits per heavy atom. The molecule has 1 aromatic heterocycles. The largest absolute Gasteiger partial charge is 0.451 e. The predicted molar refractivity (Wildman–Crippen MR) is 90.1 cm³/mol. The molecule has 1 saturated heterocycles. The van der Waals surface area contributed by atoms with Gasteiger partial charge in [-0.3, -0.25) is 4.79 Å². The Bertz CT molecular complexity index is 868. The average Bonchev–Trinajstić information content (AvgIpc) is 3.20. The SMILES string of the molecule is N#Cc1ccc(-c2cnc(C(F)(F)F)nc2)cc1CNC(=O)[C@@H]1CCCN1. The van der Waals surface area contributed by atoms with Crippen LogP contribution in [0.15, 0.2) is 30.6 Å². The summed E-state index contributed by atoms with van der Waals surface area (Å²) in [5.74, 6) is -1.35. The Balaban J connectivity index is 1.78. The van der Waals surface area contributed by atoms with Crippen molar-refractivity contribution in [1.29, 1.82) is 5.26 Å². The van der Waals surface area contributed by atoms with E-state index in [4.69, 9.17) is 0 Å². The number of hydrogen-bond acceptors (Lipinski definition) is 5. The van der Waals surface area contributed by atoms with E-state index in [0.717, 1.165) is 31.8 Å². The fourth-order valence-electron chi connectivity index (χ4n) is 2.87. The van der Waals surface area contributed by atoms with Crippen LogP contribution in [0.1, 0.15) is 29.8 Å². The van der Waals surface area contributed by atoms with E-state index in [9.17, 15) is 23.2 Å². The van der Waals surface area contributed by atoms with E-state index in [1.807, 2.05) is 6.07 Å². The second-order valence-corrected chi connectivity index (χ2v) is 6.14. The summed E-state index contributed by atoms with van der Waals surface area (Å²) in [5.41, 5.74) is 1.90. The highest BCUT2D eigenvalue weighted by molar-refractivity contribution is 5.82. The molecule has 1 amide bonds. The summed E-state index contributed by atoms with van der Waals surface area (Å²) in [6, 6.07) is 6.62. The number of amides is 1. The molecule has 27 heavy (non-hydrogen) atoms. The highest BCUT2D eigenvalue weighted by atomic mass is 19.4. The molecule has 1 atom stereocenters. The number of benzene rings is 1. The third kappa shape index (κ3) is 4.41. The summed E-state index contributed by atoms with van der Waals surface area (Å²) < 4.78 is 37.7. The fourth-order valence-corrected chi connectivity index (χ4v) is 2.87. The minimum absolute atomic E-state index is 0.139. The summed E-state index contributed by atoms with van der Waals surface area (Å²) in [6.07, 6.45) is -0.734. The molecule has 1 aliphatic rings. The van der Waals surface area contributed by atoms with Crippen molar-refractivity contribution >= 4 is 5.91 Å². The van der Waals surface area contributed by atoms with Crippen molar-refractivity contribution < 1.29 is 18.0 Å². The molecule has 0 aliphatic carbocycles. The molecular weight excluding hydrogens is 359 g/mol. The maximum atomic E-state index is 12.6. The maximum Gasteiger partial charge on any atom is 0.451 e. The third-order valence-electron chi connectivity index (χ3n) is 4.29. The molecule has 0 bridgehead atoms. The summed E-state index contributed by atoms with van der Waals surface area (Å²) >= 11 is 0. The van der Waals surface area contributed by atoms with Gasteiger partial charge in [0.05, 0.1) is 17.7 Å². The first kappa shape index (κ1) is 18.8. The first-order valence-corrected chi connectivity index (χ1v) is 8.32. The van der Waals surface area contributed by atoms with Gasteiger partial charge >= 0.3 is 6.18 Å². The van der Waals surface area contributed by atoms with Crippen molar-refractivity contribution in [3.05, 3.63) is 47.5 Å². The number of rotatable bonds is 4. The highest BCUT2D eigenvalue weighted by Crippen LogP contribution is 2.27. The second-order valence-electron chi connectivity index (χ2n) is 6.14. The van der Waals surface area contributed by atoms with Crippen LogP contribution in [-0.2, 0) is 17.5 Å². The molecule has 1 aromatic carbocycles. The van der Waals surface area contributed by atoms with Gasteiger partial charge in [-0.2, -0.15) is 18.4 Å².